The summed E-state index contributed by atoms with van der Waals surface area (Å²) in [5.74, 6) is 0.843. The Morgan fingerprint density at radius 3 is 2.24 bits per heavy atom. The van der Waals surface area contributed by atoms with Gasteiger partial charge in [0, 0.05) is 45.3 Å². The van der Waals surface area contributed by atoms with Gasteiger partial charge >= 0.3 is 6.11 Å². The van der Waals surface area contributed by atoms with E-state index in [-0.39, 0.29) is 6.61 Å². The van der Waals surface area contributed by atoms with Crippen LogP contribution in [0.15, 0.2) is 24.3 Å². The van der Waals surface area contributed by atoms with Crippen LogP contribution in [-0.4, -0.2) is 57.4 Å². The zero-order valence-corrected chi connectivity index (χ0v) is 12.5. The van der Waals surface area contributed by atoms with Crippen molar-refractivity contribution in [1.29, 1.82) is 0 Å². The predicted octanol–water partition coefficient (Wildman–Crippen LogP) is 2.45. The summed E-state index contributed by atoms with van der Waals surface area (Å²) < 4.78 is 34.7. The van der Waals surface area contributed by atoms with Gasteiger partial charge in [-0.2, -0.15) is 8.78 Å². The first-order valence-electron chi connectivity index (χ1n) is 7.11. The van der Waals surface area contributed by atoms with E-state index in [9.17, 15) is 8.78 Å². The van der Waals surface area contributed by atoms with Gasteiger partial charge in [-0.3, -0.25) is 4.90 Å². The number of rotatable bonds is 6. The second-order valence-corrected chi connectivity index (χ2v) is 5.18. The van der Waals surface area contributed by atoms with Crippen molar-refractivity contribution in [3.05, 3.63) is 24.3 Å². The number of benzene rings is 1. The molecule has 1 aromatic carbocycles. The average Bonchev–Trinajstić information content (AvgIpc) is 2.47. The van der Waals surface area contributed by atoms with E-state index in [0.29, 0.717) is 6.54 Å². The van der Waals surface area contributed by atoms with Crippen LogP contribution < -0.4 is 9.64 Å². The van der Waals surface area contributed by atoms with Gasteiger partial charge in [0.15, 0.2) is 0 Å². The van der Waals surface area contributed by atoms with Crippen molar-refractivity contribution in [1.82, 2.24) is 4.90 Å². The topological polar surface area (TPSA) is 24.9 Å². The van der Waals surface area contributed by atoms with Crippen molar-refractivity contribution in [2.24, 2.45) is 0 Å². The van der Waals surface area contributed by atoms with E-state index in [1.807, 2.05) is 24.3 Å². The molecule has 118 valence electrons. The molecule has 0 radical (unpaired) electrons. The third-order valence-corrected chi connectivity index (χ3v) is 3.57. The Balaban J connectivity index is 1.74. The molecule has 0 aromatic heterocycles. The summed E-state index contributed by atoms with van der Waals surface area (Å²) in [5, 5.41) is 0. The zero-order chi connectivity index (χ0) is 15.3. The number of ether oxygens (including phenoxy) is 2. The van der Waals surface area contributed by atoms with E-state index in [4.69, 9.17) is 4.74 Å². The lowest BCUT2D eigenvalue weighted by Gasteiger charge is -2.36. The first-order chi connectivity index (χ1) is 9.98. The largest absolute Gasteiger partial charge is 0.497 e. The van der Waals surface area contributed by atoms with Crippen molar-refractivity contribution in [2.45, 2.75) is 13.0 Å². The second kappa shape index (κ2) is 7.04. The fourth-order valence-corrected chi connectivity index (χ4v) is 2.38. The summed E-state index contributed by atoms with van der Waals surface area (Å²) in [4.78, 5) is 4.43. The molecule has 0 saturated carbocycles. The van der Waals surface area contributed by atoms with Gasteiger partial charge in [-0.15, -0.1) is 0 Å². The van der Waals surface area contributed by atoms with Crippen LogP contribution in [0.3, 0.4) is 0 Å². The Morgan fingerprint density at radius 2 is 1.71 bits per heavy atom. The third-order valence-electron chi connectivity index (χ3n) is 3.57. The van der Waals surface area contributed by atoms with Crippen LogP contribution in [0.25, 0.3) is 0 Å². The summed E-state index contributed by atoms with van der Waals surface area (Å²) >= 11 is 0. The Bertz CT molecular complexity index is 426. The molecule has 1 aliphatic rings. The quantitative estimate of drug-likeness (QED) is 0.805. The number of methoxy groups -OCH3 is 1. The number of anilines is 1. The zero-order valence-electron chi connectivity index (χ0n) is 12.5. The van der Waals surface area contributed by atoms with Gasteiger partial charge in [0.2, 0.25) is 0 Å². The Kier molecular flexibility index (Phi) is 5.36. The summed E-state index contributed by atoms with van der Waals surface area (Å²) in [7, 11) is 1.65. The number of halogens is 2. The summed E-state index contributed by atoms with van der Waals surface area (Å²) in [6, 6.07) is 7.96. The van der Waals surface area contributed by atoms with Crippen molar-refractivity contribution in [3.63, 3.8) is 0 Å². The summed E-state index contributed by atoms with van der Waals surface area (Å²) in [5.41, 5.74) is 1.16. The minimum Gasteiger partial charge on any atom is -0.497 e. The first-order valence-corrected chi connectivity index (χ1v) is 7.11. The molecule has 0 atom stereocenters. The van der Waals surface area contributed by atoms with Crippen LogP contribution in [0, 0.1) is 0 Å². The average molecular weight is 300 g/mol. The van der Waals surface area contributed by atoms with Crippen LogP contribution in [-0.2, 0) is 4.74 Å². The van der Waals surface area contributed by atoms with E-state index >= 15 is 0 Å². The van der Waals surface area contributed by atoms with E-state index in [0.717, 1.165) is 44.5 Å². The Hall–Kier alpha value is -1.40. The third kappa shape index (κ3) is 5.13. The van der Waals surface area contributed by atoms with E-state index < -0.39 is 6.11 Å². The molecule has 1 fully saturated rings. The lowest BCUT2D eigenvalue weighted by Crippen LogP contribution is -2.47. The molecule has 0 bridgehead atoms. The fourth-order valence-electron chi connectivity index (χ4n) is 2.38. The molecule has 1 aromatic rings. The lowest BCUT2D eigenvalue weighted by atomic mass is 10.2. The van der Waals surface area contributed by atoms with Crippen LogP contribution >= 0.6 is 0 Å². The fraction of sp³-hybridized carbons (Fsp3) is 0.600. The van der Waals surface area contributed by atoms with Gasteiger partial charge < -0.3 is 14.4 Å². The molecule has 1 heterocycles. The molecular formula is C15H22F2N2O2. The highest BCUT2D eigenvalue weighted by Crippen LogP contribution is 2.20. The number of alkyl halides is 2. The maximum Gasteiger partial charge on any atom is 0.352 e. The number of nitrogens with zero attached hydrogens (tertiary/aromatic N) is 2. The molecule has 4 nitrogen and oxygen atoms in total. The highest BCUT2D eigenvalue weighted by atomic mass is 19.3. The molecule has 6 heteroatoms. The van der Waals surface area contributed by atoms with E-state index in [2.05, 4.69) is 14.5 Å². The van der Waals surface area contributed by atoms with Gasteiger partial charge in [0.05, 0.1) is 13.7 Å². The monoisotopic (exact) mass is 300 g/mol. The molecule has 0 spiro atoms. The predicted molar refractivity (Wildman–Crippen MR) is 78.2 cm³/mol. The lowest BCUT2D eigenvalue weighted by molar-refractivity contribution is -0.225. The smallest absolute Gasteiger partial charge is 0.352 e. The maximum atomic E-state index is 12.6. The van der Waals surface area contributed by atoms with Crippen LogP contribution in [0.2, 0.25) is 0 Å². The summed E-state index contributed by atoms with van der Waals surface area (Å²) in [6.07, 6.45) is -3.04. The number of hydrogen-bond acceptors (Lipinski definition) is 4. The number of hydrogen-bond donors (Lipinski definition) is 0. The molecule has 1 aliphatic heterocycles. The van der Waals surface area contributed by atoms with Gasteiger partial charge in [-0.1, -0.05) is 0 Å². The van der Waals surface area contributed by atoms with Gasteiger partial charge in [0.25, 0.3) is 0 Å². The molecule has 21 heavy (non-hydrogen) atoms. The molecule has 2 rings (SSSR count). The minimum absolute atomic E-state index is 0.0615. The van der Waals surface area contributed by atoms with E-state index in [1.54, 1.807) is 7.11 Å². The van der Waals surface area contributed by atoms with Crippen molar-refractivity contribution < 1.29 is 18.3 Å². The Morgan fingerprint density at radius 1 is 1.10 bits per heavy atom. The molecule has 0 aliphatic carbocycles. The van der Waals surface area contributed by atoms with Crippen molar-refractivity contribution in [3.8, 4) is 5.75 Å². The van der Waals surface area contributed by atoms with Crippen LogP contribution in [0.1, 0.15) is 6.92 Å². The van der Waals surface area contributed by atoms with Gasteiger partial charge in [-0.05, 0) is 24.3 Å². The summed E-state index contributed by atoms with van der Waals surface area (Å²) in [6.45, 7) is 4.85. The highest BCUT2D eigenvalue weighted by molar-refractivity contribution is 5.49. The molecule has 0 N–H and O–H groups in total. The van der Waals surface area contributed by atoms with Crippen LogP contribution in [0.4, 0.5) is 14.5 Å². The maximum absolute atomic E-state index is 12.6. The molecule has 0 amide bonds. The standard InChI is InChI=1S/C15H22F2N2O2/c1-15(16,17)21-12-11-18-7-9-19(10-8-18)13-3-5-14(20-2)6-4-13/h3-6H,7-12H2,1-2H3. The van der Waals surface area contributed by atoms with Gasteiger partial charge in [-0.25, -0.2) is 0 Å². The first kappa shape index (κ1) is 16.0. The SMILES string of the molecule is COc1ccc(N2CCN(CCOC(C)(F)F)CC2)cc1. The molecule has 0 unspecified atom stereocenters. The van der Waals surface area contributed by atoms with Crippen molar-refractivity contribution >= 4 is 5.69 Å². The highest BCUT2D eigenvalue weighted by Gasteiger charge is 2.22. The number of piperazine rings is 1. The van der Waals surface area contributed by atoms with E-state index in [1.165, 1.54) is 0 Å². The Labute approximate surface area is 124 Å². The second-order valence-electron chi connectivity index (χ2n) is 5.18. The normalized spacial score (nSPS) is 17.0. The van der Waals surface area contributed by atoms with Gasteiger partial charge in [0.1, 0.15) is 5.75 Å². The molecule has 1 saturated heterocycles. The molecular weight excluding hydrogens is 278 g/mol. The van der Waals surface area contributed by atoms with Crippen molar-refractivity contribution in [2.75, 3.05) is 51.3 Å². The minimum atomic E-state index is -3.04. The van der Waals surface area contributed by atoms with Crippen LogP contribution in [0.5, 0.6) is 5.75 Å².